The Kier molecular flexibility index (Phi) is 6.05. The lowest BCUT2D eigenvalue weighted by Crippen LogP contribution is -2.41. The molecule has 0 heterocycles. The van der Waals surface area contributed by atoms with Crippen molar-refractivity contribution in [2.24, 2.45) is 0 Å². The number of carbonyl (C=O) groups is 1. The summed E-state index contributed by atoms with van der Waals surface area (Å²) in [6.45, 7) is 9.68. The van der Waals surface area contributed by atoms with Crippen molar-refractivity contribution in [2.45, 2.75) is 52.3 Å². The van der Waals surface area contributed by atoms with Gasteiger partial charge in [-0.15, -0.1) is 0 Å². The maximum atomic E-state index is 11.6. The van der Waals surface area contributed by atoms with Crippen LogP contribution in [-0.2, 0) is 4.74 Å². The lowest BCUT2D eigenvalue weighted by molar-refractivity contribution is 0.0522. The number of phenolic OH excluding ortho intramolecular Hbond substituents is 2. The molecule has 1 rings (SSSR count). The second kappa shape index (κ2) is 7.35. The lowest BCUT2D eigenvalue weighted by Gasteiger charge is -2.23. The lowest BCUT2D eigenvalue weighted by atomic mass is 10.1. The van der Waals surface area contributed by atoms with Gasteiger partial charge in [-0.05, 0) is 52.3 Å². The molecular weight excluding hydrogens is 284 g/mol. The van der Waals surface area contributed by atoms with Gasteiger partial charge in [-0.3, -0.25) is 0 Å². The Morgan fingerprint density at radius 1 is 1.18 bits per heavy atom. The first-order valence-electron chi connectivity index (χ1n) is 7.32. The van der Waals surface area contributed by atoms with Crippen LogP contribution in [0.15, 0.2) is 18.2 Å². The summed E-state index contributed by atoms with van der Waals surface area (Å²) < 4.78 is 5.17. The summed E-state index contributed by atoms with van der Waals surface area (Å²) in [7, 11) is 0. The van der Waals surface area contributed by atoms with E-state index in [1.165, 1.54) is 6.07 Å². The molecule has 0 aliphatic heterocycles. The number of phenols is 2. The SMILES string of the molecule is CC(CNC(=O)OC(C)(C)C)NC(C)c1cc(O)cc(O)c1. The zero-order chi connectivity index (χ0) is 16.9. The van der Waals surface area contributed by atoms with Crippen LogP contribution in [-0.4, -0.2) is 34.5 Å². The Morgan fingerprint density at radius 2 is 1.73 bits per heavy atom. The summed E-state index contributed by atoms with van der Waals surface area (Å²) in [5.74, 6) is 0.0337. The average molecular weight is 310 g/mol. The van der Waals surface area contributed by atoms with Crippen molar-refractivity contribution in [1.29, 1.82) is 0 Å². The van der Waals surface area contributed by atoms with E-state index in [2.05, 4.69) is 10.6 Å². The molecule has 1 aromatic rings. The van der Waals surface area contributed by atoms with Gasteiger partial charge < -0.3 is 25.6 Å². The van der Waals surface area contributed by atoms with E-state index in [1.807, 2.05) is 34.6 Å². The number of carbonyl (C=O) groups excluding carboxylic acids is 1. The highest BCUT2D eigenvalue weighted by Crippen LogP contribution is 2.24. The zero-order valence-electron chi connectivity index (χ0n) is 13.8. The van der Waals surface area contributed by atoms with Gasteiger partial charge in [0, 0.05) is 24.7 Å². The summed E-state index contributed by atoms with van der Waals surface area (Å²) in [6, 6.07) is 4.36. The van der Waals surface area contributed by atoms with E-state index < -0.39 is 11.7 Å². The number of hydrogen-bond acceptors (Lipinski definition) is 5. The summed E-state index contributed by atoms with van der Waals surface area (Å²) in [4.78, 5) is 11.6. The molecule has 0 aliphatic rings. The first kappa shape index (κ1) is 18.1. The van der Waals surface area contributed by atoms with Crippen molar-refractivity contribution in [1.82, 2.24) is 10.6 Å². The molecule has 2 unspecified atom stereocenters. The fraction of sp³-hybridized carbons (Fsp3) is 0.562. The summed E-state index contributed by atoms with van der Waals surface area (Å²) in [5.41, 5.74) is 0.245. The number of nitrogens with one attached hydrogen (secondary N) is 2. The fourth-order valence-electron chi connectivity index (χ4n) is 2.00. The Labute approximate surface area is 131 Å². The van der Waals surface area contributed by atoms with Gasteiger partial charge in [0.25, 0.3) is 0 Å². The quantitative estimate of drug-likeness (QED) is 0.671. The monoisotopic (exact) mass is 310 g/mol. The van der Waals surface area contributed by atoms with Gasteiger partial charge in [0.2, 0.25) is 0 Å². The largest absolute Gasteiger partial charge is 0.508 e. The second-order valence-electron chi connectivity index (χ2n) is 6.45. The highest BCUT2D eigenvalue weighted by Gasteiger charge is 2.17. The number of benzene rings is 1. The third-order valence-electron chi connectivity index (χ3n) is 2.91. The molecule has 0 aliphatic carbocycles. The van der Waals surface area contributed by atoms with Crippen molar-refractivity contribution in [3.63, 3.8) is 0 Å². The van der Waals surface area contributed by atoms with Crippen LogP contribution < -0.4 is 10.6 Å². The van der Waals surface area contributed by atoms with Crippen LogP contribution in [0.5, 0.6) is 11.5 Å². The van der Waals surface area contributed by atoms with Gasteiger partial charge in [-0.2, -0.15) is 0 Å². The second-order valence-corrected chi connectivity index (χ2v) is 6.45. The van der Waals surface area contributed by atoms with E-state index in [9.17, 15) is 15.0 Å². The molecule has 0 spiro atoms. The fourth-order valence-corrected chi connectivity index (χ4v) is 2.00. The van der Waals surface area contributed by atoms with Crippen molar-refractivity contribution in [2.75, 3.05) is 6.54 Å². The number of rotatable bonds is 5. The molecule has 22 heavy (non-hydrogen) atoms. The molecule has 0 fully saturated rings. The number of alkyl carbamates (subject to hydrolysis) is 1. The highest BCUT2D eigenvalue weighted by atomic mass is 16.6. The summed E-state index contributed by atoms with van der Waals surface area (Å²) in [6.07, 6.45) is -0.455. The Hall–Kier alpha value is -1.95. The first-order valence-corrected chi connectivity index (χ1v) is 7.32. The van der Waals surface area contributed by atoms with Crippen molar-refractivity contribution in [3.8, 4) is 11.5 Å². The molecule has 0 radical (unpaired) electrons. The molecule has 6 nitrogen and oxygen atoms in total. The molecule has 0 saturated carbocycles. The van der Waals surface area contributed by atoms with Crippen LogP contribution in [0.2, 0.25) is 0 Å². The minimum Gasteiger partial charge on any atom is -0.508 e. The van der Waals surface area contributed by atoms with Gasteiger partial charge >= 0.3 is 6.09 Å². The van der Waals surface area contributed by atoms with Crippen molar-refractivity contribution < 1.29 is 19.7 Å². The number of amides is 1. The maximum absolute atomic E-state index is 11.6. The normalized spacial score (nSPS) is 14.2. The Balaban J connectivity index is 2.47. The molecule has 0 aromatic heterocycles. The van der Waals surface area contributed by atoms with E-state index >= 15 is 0 Å². The minimum absolute atomic E-state index is 0.00740. The predicted molar refractivity (Wildman–Crippen MR) is 85.0 cm³/mol. The Bertz CT molecular complexity index is 491. The first-order chi connectivity index (χ1) is 10.1. The molecule has 0 bridgehead atoms. The van der Waals surface area contributed by atoms with Gasteiger partial charge in [0.1, 0.15) is 17.1 Å². The van der Waals surface area contributed by atoms with Crippen LogP contribution in [0.1, 0.15) is 46.2 Å². The number of ether oxygens (including phenoxy) is 1. The van der Waals surface area contributed by atoms with Gasteiger partial charge in [0.05, 0.1) is 0 Å². The number of hydrogen-bond donors (Lipinski definition) is 4. The van der Waals surface area contributed by atoms with Gasteiger partial charge in [0.15, 0.2) is 0 Å². The van der Waals surface area contributed by atoms with Crippen molar-refractivity contribution in [3.05, 3.63) is 23.8 Å². The highest BCUT2D eigenvalue weighted by molar-refractivity contribution is 5.67. The average Bonchev–Trinajstić information content (AvgIpc) is 2.33. The van der Waals surface area contributed by atoms with Crippen LogP contribution in [0.25, 0.3) is 0 Å². The van der Waals surface area contributed by atoms with Gasteiger partial charge in [-0.25, -0.2) is 4.79 Å². The standard InChI is InChI=1S/C16H26N2O4/c1-10(9-17-15(21)22-16(3,4)5)18-11(2)12-6-13(19)8-14(20)7-12/h6-8,10-11,18-20H,9H2,1-5H3,(H,17,21). The third kappa shape index (κ3) is 6.67. The smallest absolute Gasteiger partial charge is 0.407 e. The molecule has 4 N–H and O–H groups in total. The van der Waals surface area contributed by atoms with Crippen LogP contribution >= 0.6 is 0 Å². The molecule has 2 atom stereocenters. The Morgan fingerprint density at radius 3 is 2.23 bits per heavy atom. The minimum atomic E-state index is -0.521. The van der Waals surface area contributed by atoms with E-state index in [0.717, 1.165) is 5.56 Å². The maximum Gasteiger partial charge on any atom is 0.407 e. The van der Waals surface area contributed by atoms with Crippen LogP contribution in [0.3, 0.4) is 0 Å². The topological polar surface area (TPSA) is 90.8 Å². The number of aromatic hydroxyl groups is 2. The van der Waals surface area contributed by atoms with Crippen LogP contribution in [0, 0.1) is 0 Å². The van der Waals surface area contributed by atoms with Crippen LogP contribution in [0.4, 0.5) is 4.79 Å². The summed E-state index contributed by atoms with van der Waals surface area (Å²) in [5, 5.41) is 25.0. The molecular formula is C16H26N2O4. The zero-order valence-corrected chi connectivity index (χ0v) is 13.8. The third-order valence-corrected chi connectivity index (χ3v) is 2.91. The van der Waals surface area contributed by atoms with E-state index in [4.69, 9.17) is 4.74 Å². The van der Waals surface area contributed by atoms with E-state index in [-0.39, 0.29) is 23.6 Å². The van der Waals surface area contributed by atoms with Crippen molar-refractivity contribution >= 4 is 6.09 Å². The molecule has 6 heteroatoms. The van der Waals surface area contributed by atoms with Gasteiger partial charge in [-0.1, -0.05) is 0 Å². The summed E-state index contributed by atoms with van der Waals surface area (Å²) >= 11 is 0. The molecule has 1 amide bonds. The van der Waals surface area contributed by atoms with E-state index in [0.29, 0.717) is 6.54 Å². The molecule has 1 aromatic carbocycles. The molecule has 124 valence electrons. The van der Waals surface area contributed by atoms with E-state index in [1.54, 1.807) is 12.1 Å². The molecule has 0 saturated heterocycles. The predicted octanol–water partition coefficient (Wildman–Crippen LogP) is 2.66.